The van der Waals surface area contributed by atoms with Crippen molar-refractivity contribution in [1.29, 1.82) is 0 Å². The molecular formula is C14H24N2O3. The van der Waals surface area contributed by atoms with Crippen LogP contribution in [0.1, 0.15) is 43.4 Å². The van der Waals surface area contributed by atoms with Crippen molar-refractivity contribution in [2.45, 2.75) is 46.6 Å². The molecule has 1 rings (SSSR count). The molecule has 108 valence electrons. The number of nitrogens with zero attached hydrogens (tertiary/aromatic N) is 2. The maximum atomic E-state index is 12.2. The molecule has 0 aliphatic rings. The van der Waals surface area contributed by atoms with Gasteiger partial charge in [0.15, 0.2) is 0 Å². The molecule has 0 fully saturated rings. The van der Waals surface area contributed by atoms with E-state index in [0.29, 0.717) is 6.42 Å². The van der Waals surface area contributed by atoms with Crippen LogP contribution in [0.2, 0.25) is 0 Å². The average molecular weight is 268 g/mol. The van der Waals surface area contributed by atoms with Crippen molar-refractivity contribution in [3.63, 3.8) is 0 Å². The molecular weight excluding hydrogens is 244 g/mol. The van der Waals surface area contributed by atoms with Gasteiger partial charge in [0.2, 0.25) is 5.91 Å². The molecule has 0 radical (unpaired) electrons. The van der Waals surface area contributed by atoms with Crippen molar-refractivity contribution >= 4 is 5.91 Å². The van der Waals surface area contributed by atoms with Gasteiger partial charge in [0.05, 0.1) is 24.5 Å². The van der Waals surface area contributed by atoms with Crippen LogP contribution in [-0.4, -0.2) is 39.6 Å². The number of hydrogen-bond acceptors (Lipinski definition) is 4. The predicted octanol–water partition coefficient (Wildman–Crippen LogP) is 1.95. The molecule has 0 aliphatic heterocycles. The normalized spacial score (nSPS) is 13.6. The number of hydrogen-bond donors (Lipinski definition) is 1. The molecule has 1 N–H and O–H groups in total. The van der Waals surface area contributed by atoms with E-state index in [0.717, 1.165) is 11.4 Å². The fourth-order valence-electron chi connectivity index (χ4n) is 1.93. The first kappa shape index (κ1) is 15.9. The molecule has 0 bridgehead atoms. The number of rotatable bonds is 6. The fourth-order valence-corrected chi connectivity index (χ4v) is 1.93. The average Bonchev–Trinajstić information content (AvgIpc) is 2.65. The maximum Gasteiger partial charge on any atom is 0.247 e. The molecule has 0 saturated carbocycles. The number of carbonyl (C=O) groups excluding carboxylic acids is 1. The van der Waals surface area contributed by atoms with E-state index in [9.17, 15) is 4.79 Å². The van der Waals surface area contributed by atoms with Crippen LogP contribution in [0.5, 0.6) is 0 Å². The molecule has 1 aromatic heterocycles. The van der Waals surface area contributed by atoms with Crippen LogP contribution in [0, 0.1) is 19.8 Å². The van der Waals surface area contributed by atoms with Gasteiger partial charge in [-0.3, -0.25) is 4.79 Å². The highest BCUT2D eigenvalue weighted by Gasteiger charge is 2.29. The molecule has 0 aliphatic carbocycles. The van der Waals surface area contributed by atoms with Gasteiger partial charge in [-0.15, -0.1) is 0 Å². The quantitative estimate of drug-likeness (QED) is 0.856. The van der Waals surface area contributed by atoms with E-state index < -0.39 is 5.60 Å². The number of aliphatic hydroxyl groups is 1. The number of aromatic nitrogens is 2. The van der Waals surface area contributed by atoms with Gasteiger partial charge < -0.3 is 9.84 Å². The summed E-state index contributed by atoms with van der Waals surface area (Å²) in [6, 6.07) is 1.88. The van der Waals surface area contributed by atoms with Crippen LogP contribution in [0.25, 0.3) is 0 Å². The third-order valence-electron chi connectivity index (χ3n) is 3.48. The Bertz CT molecular complexity index is 438. The molecule has 0 amide bonds. The number of ether oxygens (including phenoxy) is 1. The summed E-state index contributed by atoms with van der Waals surface area (Å²) < 4.78 is 7.03. The molecule has 1 unspecified atom stereocenters. The molecule has 0 saturated heterocycles. The van der Waals surface area contributed by atoms with Crippen LogP contribution < -0.4 is 0 Å². The summed E-state index contributed by atoms with van der Waals surface area (Å²) in [4.78, 5) is 12.2. The van der Waals surface area contributed by atoms with Crippen molar-refractivity contribution < 1.29 is 14.6 Å². The lowest BCUT2D eigenvalue weighted by atomic mass is 9.89. The molecule has 5 nitrogen and oxygen atoms in total. The Hall–Kier alpha value is -1.20. The summed E-state index contributed by atoms with van der Waals surface area (Å²) in [6.07, 6.45) is 0.361. The summed E-state index contributed by atoms with van der Waals surface area (Å²) >= 11 is 0. The second kappa shape index (κ2) is 6.30. The molecule has 5 heteroatoms. The van der Waals surface area contributed by atoms with E-state index in [1.54, 1.807) is 0 Å². The highest BCUT2D eigenvalue weighted by atomic mass is 16.5. The van der Waals surface area contributed by atoms with Crippen molar-refractivity contribution in [3.05, 3.63) is 17.5 Å². The van der Waals surface area contributed by atoms with Gasteiger partial charge in [0, 0.05) is 12.1 Å². The highest BCUT2D eigenvalue weighted by Crippen LogP contribution is 2.24. The van der Waals surface area contributed by atoms with Crippen LogP contribution >= 0.6 is 0 Å². The van der Waals surface area contributed by atoms with Gasteiger partial charge in [0.1, 0.15) is 0 Å². The topological polar surface area (TPSA) is 64.3 Å². The van der Waals surface area contributed by atoms with Crippen molar-refractivity contribution in [2.24, 2.45) is 5.92 Å². The summed E-state index contributed by atoms with van der Waals surface area (Å²) in [5.41, 5.74) is 1.24. The second-order valence-electron chi connectivity index (χ2n) is 5.51. The largest absolute Gasteiger partial charge is 0.394 e. The minimum absolute atomic E-state index is 0.0123. The van der Waals surface area contributed by atoms with Gasteiger partial charge in [-0.1, -0.05) is 6.92 Å². The van der Waals surface area contributed by atoms with Gasteiger partial charge in [0.25, 0.3) is 0 Å². The van der Waals surface area contributed by atoms with Crippen LogP contribution in [0.4, 0.5) is 0 Å². The standard InChI is InChI=1S/C14H24N2O3/c1-10(14(4,5)19-7-6-17)8-13(18)16-12(3)9-11(2)15-16/h9-10,17H,6-8H2,1-5H3. The van der Waals surface area contributed by atoms with Gasteiger partial charge in [-0.05, 0) is 39.7 Å². The zero-order chi connectivity index (χ0) is 14.6. The summed E-state index contributed by atoms with van der Waals surface area (Å²) in [7, 11) is 0. The fraction of sp³-hybridized carbons (Fsp3) is 0.714. The minimum atomic E-state index is -0.450. The number of aliphatic hydroxyl groups excluding tert-OH is 1. The Kier molecular flexibility index (Phi) is 5.26. The lowest BCUT2D eigenvalue weighted by Crippen LogP contribution is -2.36. The first-order valence-electron chi connectivity index (χ1n) is 6.59. The molecule has 0 aromatic carbocycles. The van der Waals surface area contributed by atoms with Gasteiger partial charge >= 0.3 is 0 Å². The Balaban J connectivity index is 2.68. The molecule has 19 heavy (non-hydrogen) atoms. The van der Waals surface area contributed by atoms with Gasteiger partial charge in [-0.25, -0.2) is 4.68 Å². The Morgan fingerprint density at radius 2 is 2.16 bits per heavy atom. The van der Waals surface area contributed by atoms with E-state index >= 15 is 0 Å². The molecule has 0 spiro atoms. The van der Waals surface area contributed by atoms with E-state index in [1.807, 2.05) is 40.7 Å². The van der Waals surface area contributed by atoms with Crippen LogP contribution in [-0.2, 0) is 4.74 Å². The van der Waals surface area contributed by atoms with E-state index in [4.69, 9.17) is 9.84 Å². The van der Waals surface area contributed by atoms with E-state index in [1.165, 1.54) is 4.68 Å². The molecule has 1 atom stereocenters. The molecule has 1 heterocycles. The Labute approximate surface area is 114 Å². The van der Waals surface area contributed by atoms with Crippen LogP contribution in [0.3, 0.4) is 0 Å². The minimum Gasteiger partial charge on any atom is -0.394 e. The monoisotopic (exact) mass is 268 g/mol. The number of aryl methyl sites for hydroxylation is 2. The van der Waals surface area contributed by atoms with Crippen molar-refractivity contribution in [3.8, 4) is 0 Å². The first-order valence-corrected chi connectivity index (χ1v) is 6.59. The molecule has 1 aromatic rings. The van der Waals surface area contributed by atoms with Crippen molar-refractivity contribution in [1.82, 2.24) is 9.78 Å². The van der Waals surface area contributed by atoms with Crippen molar-refractivity contribution in [2.75, 3.05) is 13.2 Å². The number of carbonyl (C=O) groups is 1. The summed E-state index contributed by atoms with van der Waals surface area (Å²) in [6.45, 7) is 9.85. The highest BCUT2D eigenvalue weighted by molar-refractivity contribution is 5.79. The van der Waals surface area contributed by atoms with E-state index in [-0.39, 0.29) is 25.0 Å². The Morgan fingerprint density at radius 3 is 2.63 bits per heavy atom. The SMILES string of the molecule is Cc1cc(C)n(C(=O)CC(C)C(C)(C)OCCO)n1. The smallest absolute Gasteiger partial charge is 0.247 e. The van der Waals surface area contributed by atoms with Crippen LogP contribution in [0.15, 0.2) is 6.07 Å². The lowest BCUT2D eigenvalue weighted by Gasteiger charge is -2.31. The third-order valence-corrected chi connectivity index (χ3v) is 3.48. The lowest BCUT2D eigenvalue weighted by molar-refractivity contribution is -0.0670. The predicted molar refractivity (Wildman–Crippen MR) is 73.2 cm³/mol. The van der Waals surface area contributed by atoms with E-state index in [2.05, 4.69) is 5.10 Å². The zero-order valence-corrected chi connectivity index (χ0v) is 12.4. The summed E-state index contributed by atoms with van der Waals surface area (Å²) in [5, 5.41) is 13.0. The zero-order valence-electron chi connectivity index (χ0n) is 12.4. The van der Waals surface area contributed by atoms with Gasteiger partial charge in [-0.2, -0.15) is 5.10 Å². The summed E-state index contributed by atoms with van der Waals surface area (Å²) in [5.74, 6) is 0.00855. The Morgan fingerprint density at radius 1 is 1.53 bits per heavy atom. The first-order chi connectivity index (χ1) is 8.77. The maximum absolute atomic E-state index is 12.2. The second-order valence-corrected chi connectivity index (χ2v) is 5.51. The third kappa shape index (κ3) is 4.14.